The number of aryl methyl sites for hydroxylation is 1. The molecule has 0 aromatic heterocycles. The third-order valence-corrected chi connectivity index (χ3v) is 4.74. The molecule has 0 aliphatic carbocycles. The van der Waals surface area contributed by atoms with Crippen LogP contribution in [0.3, 0.4) is 0 Å². The molecule has 0 atom stereocenters. The number of nitrogens with one attached hydrogen (secondary N) is 2. The van der Waals surface area contributed by atoms with Gasteiger partial charge in [-0.15, -0.1) is 0 Å². The van der Waals surface area contributed by atoms with Crippen LogP contribution in [0.25, 0.3) is 0 Å². The predicted molar refractivity (Wildman–Crippen MR) is 98.6 cm³/mol. The summed E-state index contributed by atoms with van der Waals surface area (Å²) in [6, 6.07) is 9.42. The fraction of sp³-hybridized carbons (Fsp3) is 0.111. The van der Waals surface area contributed by atoms with Crippen molar-refractivity contribution in [3.05, 3.63) is 68.7 Å². The maximum atomic E-state index is 12.3. The standard InChI is InChI=1S/C18H13Cl2N3O4/c1-9-4-2-3-5-10(9)16(25)22-21-15(24)8-23-17(26)11-6-13(19)14(20)7-12(11)18(23)27/h2-7H,8H2,1H3,(H,21,24)(H,22,25). The van der Waals surface area contributed by atoms with E-state index in [2.05, 4.69) is 10.9 Å². The fourth-order valence-corrected chi connectivity index (χ4v) is 2.96. The number of nitrogens with zero attached hydrogens (tertiary/aromatic N) is 1. The first-order valence-electron chi connectivity index (χ1n) is 7.79. The summed E-state index contributed by atoms with van der Waals surface area (Å²) in [5.74, 6) is -2.56. The molecule has 0 radical (unpaired) electrons. The minimum atomic E-state index is -0.733. The van der Waals surface area contributed by atoms with Gasteiger partial charge in [0, 0.05) is 5.56 Å². The second kappa shape index (κ2) is 7.38. The number of fused-ring (bicyclic) bond motifs is 1. The van der Waals surface area contributed by atoms with Crippen LogP contribution in [0.4, 0.5) is 0 Å². The van der Waals surface area contributed by atoms with Gasteiger partial charge in [0.1, 0.15) is 6.54 Å². The van der Waals surface area contributed by atoms with E-state index < -0.39 is 30.2 Å². The second-order valence-corrected chi connectivity index (χ2v) is 6.64. The lowest BCUT2D eigenvalue weighted by Gasteiger charge is -2.14. The van der Waals surface area contributed by atoms with E-state index in [1.54, 1.807) is 31.2 Å². The Morgan fingerprint density at radius 2 is 1.52 bits per heavy atom. The Morgan fingerprint density at radius 1 is 0.963 bits per heavy atom. The maximum Gasteiger partial charge on any atom is 0.269 e. The molecule has 1 aliphatic heterocycles. The minimum absolute atomic E-state index is 0.0751. The molecular weight excluding hydrogens is 393 g/mol. The third kappa shape index (κ3) is 3.65. The van der Waals surface area contributed by atoms with Crippen LogP contribution in [0.1, 0.15) is 36.6 Å². The number of rotatable bonds is 3. The molecule has 0 saturated carbocycles. The van der Waals surface area contributed by atoms with E-state index in [-0.39, 0.29) is 21.2 Å². The van der Waals surface area contributed by atoms with Crippen LogP contribution in [0.5, 0.6) is 0 Å². The Balaban J connectivity index is 1.65. The molecule has 0 spiro atoms. The molecule has 4 amide bonds. The number of halogens is 2. The van der Waals surface area contributed by atoms with Crippen LogP contribution >= 0.6 is 23.2 Å². The smallest absolute Gasteiger partial charge is 0.269 e. The van der Waals surface area contributed by atoms with Crippen molar-refractivity contribution in [1.29, 1.82) is 0 Å². The fourth-order valence-electron chi connectivity index (χ4n) is 2.63. The summed E-state index contributed by atoms with van der Waals surface area (Å²) in [6.45, 7) is 1.20. The molecule has 0 unspecified atom stereocenters. The van der Waals surface area contributed by atoms with Gasteiger partial charge in [0.05, 0.1) is 21.2 Å². The molecule has 2 aromatic rings. The predicted octanol–water partition coefficient (Wildman–Crippen LogP) is 2.36. The normalized spacial score (nSPS) is 12.8. The Kier molecular flexibility index (Phi) is 5.16. The lowest BCUT2D eigenvalue weighted by molar-refractivity contribution is -0.122. The Labute approximate surface area is 164 Å². The molecule has 0 fully saturated rings. The van der Waals surface area contributed by atoms with Crippen molar-refractivity contribution in [1.82, 2.24) is 15.8 Å². The number of carbonyl (C=O) groups excluding carboxylic acids is 4. The average Bonchev–Trinajstić information content (AvgIpc) is 2.85. The van der Waals surface area contributed by atoms with Crippen LogP contribution in [-0.4, -0.2) is 35.1 Å². The Hall–Kier alpha value is -2.90. The summed E-state index contributed by atoms with van der Waals surface area (Å²) >= 11 is 11.7. The van der Waals surface area contributed by atoms with Gasteiger partial charge >= 0.3 is 0 Å². The summed E-state index contributed by atoms with van der Waals surface area (Å²) in [6.07, 6.45) is 0. The summed E-state index contributed by atoms with van der Waals surface area (Å²) in [5.41, 5.74) is 5.72. The zero-order valence-electron chi connectivity index (χ0n) is 14.0. The molecule has 1 aliphatic rings. The molecule has 3 rings (SSSR count). The largest absolute Gasteiger partial charge is 0.271 e. The van der Waals surface area contributed by atoms with Crippen molar-refractivity contribution >= 4 is 46.8 Å². The average molecular weight is 406 g/mol. The first-order chi connectivity index (χ1) is 12.8. The first-order valence-corrected chi connectivity index (χ1v) is 8.55. The zero-order valence-corrected chi connectivity index (χ0v) is 15.5. The van der Waals surface area contributed by atoms with Crippen molar-refractivity contribution in [2.45, 2.75) is 6.92 Å². The van der Waals surface area contributed by atoms with E-state index in [4.69, 9.17) is 23.2 Å². The van der Waals surface area contributed by atoms with E-state index in [1.165, 1.54) is 12.1 Å². The van der Waals surface area contributed by atoms with E-state index in [0.717, 1.165) is 10.5 Å². The first kappa shape index (κ1) is 18.9. The van der Waals surface area contributed by atoms with Crippen molar-refractivity contribution in [3.8, 4) is 0 Å². The van der Waals surface area contributed by atoms with E-state index >= 15 is 0 Å². The van der Waals surface area contributed by atoms with Gasteiger partial charge in [-0.2, -0.15) is 0 Å². The molecular formula is C18H13Cl2N3O4. The highest BCUT2D eigenvalue weighted by Gasteiger charge is 2.37. The number of amides is 4. The van der Waals surface area contributed by atoms with E-state index in [1.807, 2.05) is 0 Å². The number of hydrogen-bond donors (Lipinski definition) is 2. The van der Waals surface area contributed by atoms with Gasteiger partial charge in [0.2, 0.25) is 0 Å². The summed E-state index contributed by atoms with van der Waals surface area (Å²) in [4.78, 5) is 49.6. The monoisotopic (exact) mass is 405 g/mol. The highest BCUT2D eigenvalue weighted by molar-refractivity contribution is 6.43. The molecule has 2 N–H and O–H groups in total. The van der Waals surface area contributed by atoms with Crippen LogP contribution in [-0.2, 0) is 4.79 Å². The quantitative estimate of drug-likeness (QED) is 0.604. The number of benzene rings is 2. The van der Waals surface area contributed by atoms with Crippen LogP contribution < -0.4 is 10.9 Å². The molecule has 0 bridgehead atoms. The molecule has 1 heterocycles. The molecule has 0 saturated heterocycles. The number of carbonyl (C=O) groups is 4. The number of hydrogen-bond acceptors (Lipinski definition) is 4. The zero-order chi connectivity index (χ0) is 19.7. The topological polar surface area (TPSA) is 95.6 Å². The van der Waals surface area contributed by atoms with Gasteiger partial charge in [-0.05, 0) is 30.7 Å². The summed E-state index contributed by atoms with van der Waals surface area (Å²) in [7, 11) is 0. The second-order valence-electron chi connectivity index (χ2n) is 5.83. The van der Waals surface area contributed by atoms with Crippen LogP contribution in [0, 0.1) is 6.92 Å². The maximum absolute atomic E-state index is 12.3. The number of imide groups is 1. The van der Waals surface area contributed by atoms with Gasteiger partial charge in [0.25, 0.3) is 23.6 Å². The molecule has 9 heteroatoms. The lowest BCUT2D eigenvalue weighted by Crippen LogP contribution is -2.47. The molecule has 7 nitrogen and oxygen atoms in total. The minimum Gasteiger partial charge on any atom is -0.271 e. The lowest BCUT2D eigenvalue weighted by atomic mass is 10.1. The van der Waals surface area contributed by atoms with Crippen LogP contribution in [0.2, 0.25) is 10.0 Å². The van der Waals surface area contributed by atoms with Gasteiger partial charge in [-0.25, -0.2) is 0 Å². The third-order valence-electron chi connectivity index (χ3n) is 4.02. The van der Waals surface area contributed by atoms with Gasteiger partial charge < -0.3 is 0 Å². The molecule has 27 heavy (non-hydrogen) atoms. The molecule has 138 valence electrons. The number of hydrazine groups is 1. The SMILES string of the molecule is Cc1ccccc1C(=O)NNC(=O)CN1C(=O)c2cc(Cl)c(Cl)cc2C1=O. The van der Waals surface area contributed by atoms with E-state index in [9.17, 15) is 19.2 Å². The Bertz CT molecular complexity index is 950. The van der Waals surface area contributed by atoms with Crippen LogP contribution in [0.15, 0.2) is 36.4 Å². The van der Waals surface area contributed by atoms with Crippen molar-refractivity contribution in [3.63, 3.8) is 0 Å². The highest BCUT2D eigenvalue weighted by atomic mass is 35.5. The van der Waals surface area contributed by atoms with E-state index in [0.29, 0.717) is 5.56 Å². The Morgan fingerprint density at radius 3 is 2.07 bits per heavy atom. The summed E-state index contributed by atoms with van der Waals surface area (Å²) in [5, 5.41) is 0.265. The van der Waals surface area contributed by atoms with Gasteiger partial charge in [-0.3, -0.25) is 34.9 Å². The summed E-state index contributed by atoms with van der Waals surface area (Å²) < 4.78 is 0. The van der Waals surface area contributed by atoms with Gasteiger partial charge in [-0.1, -0.05) is 41.4 Å². The van der Waals surface area contributed by atoms with Crippen molar-refractivity contribution in [2.75, 3.05) is 6.54 Å². The van der Waals surface area contributed by atoms with Gasteiger partial charge in [0.15, 0.2) is 0 Å². The highest BCUT2D eigenvalue weighted by Crippen LogP contribution is 2.31. The van der Waals surface area contributed by atoms with Crippen molar-refractivity contribution < 1.29 is 19.2 Å². The molecule has 2 aromatic carbocycles. The van der Waals surface area contributed by atoms with Crippen molar-refractivity contribution in [2.24, 2.45) is 0 Å².